The summed E-state index contributed by atoms with van der Waals surface area (Å²) in [6, 6.07) is 3.11. The number of esters is 1. The summed E-state index contributed by atoms with van der Waals surface area (Å²) in [7, 11) is 0. The second-order valence-electron chi connectivity index (χ2n) is 5.62. The minimum absolute atomic E-state index is 0.107. The maximum atomic E-state index is 13.2. The van der Waals surface area contributed by atoms with Crippen molar-refractivity contribution in [1.29, 1.82) is 0 Å². The molecule has 0 aromatic heterocycles. The molecule has 1 aromatic carbocycles. The lowest BCUT2D eigenvalue weighted by molar-refractivity contribution is -0.151. The van der Waals surface area contributed by atoms with Gasteiger partial charge >= 0.3 is 5.97 Å². The van der Waals surface area contributed by atoms with Crippen LogP contribution in [-0.2, 0) is 9.53 Å². The van der Waals surface area contributed by atoms with Gasteiger partial charge in [0, 0.05) is 18.5 Å². The Balaban J connectivity index is 1.78. The zero-order chi connectivity index (χ0) is 15.0. The Hall–Kier alpha value is -1.98. The summed E-state index contributed by atoms with van der Waals surface area (Å²) in [6.45, 7) is 0.841. The molecule has 3 rings (SSSR count). The number of amides is 1. The lowest BCUT2D eigenvalue weighted by atomic mass is 9.89. The summed E-state index contributed by atoms with van der Waals surface area (Å²) >= 11 is 0. The van der Waals surface area contributed by atoms with Crippen LogP contribution in [0.25, 0.3) is 0 Å². The van der Waals surface area contributed by atoms with Crippen LogP contribution in [0.1, 0.15) is 36.0 Å². The van der Waals surface area contributed by atoms with Crippen molar-refractivity contribution >= 4 is 11.9 Å². The summed E-state index contributed by atoms with van der Waals surface area (Å²) in [5.41, 5.74) is -0.487. The Kier molecular flexibility index (Phi) is 3.39. The molecule has 6 heteroatoms. The first kappa shape index (κ1) is 14.0. The quantitative estimate of drug-likeness (QED) is 0.747. The van der Waals surface area contributed by atoms with Crippen LogP contribution in [-0.4, -0.2) is 35.5 Å². The lowest BCUT2D eigenvalue weighted by Crippen LogP contribution is -2.50. The van der Waals surface area contributed by atoms with E-state index in [9.17, 15) is 18.4 Å². The van der Waals surface area contributed by atoms with Gasteiger partial charge in [0.1, 0.15) is 5.60 Å². The highest BCUT2D eigenvalue weighted by Gasteiger charge is 2.44. The molecule has 1 spiro atoms. The van der Waals surface area contributed by atoms with Crippen molar-refractivity contribution in [3.63, 3.8) is 0 Å². The molecule has 1 amide bonds. The van der Waals surface area contributed by atoms with Crippen molar-refractivity contribution < 1.29 is 23.1 Å². The largest absolute Gasteiger partial charge is 0.457 e. The molecule has 2 aliphatic heterocycles. The van der Waals surface area contributed by atoms with Gasteiger partial charge in [-0.3, -0.25) is 9.59 Å². The molecular weight excluding hydrogens is 280 g/mol. The van der Waals surface area contributed by atoms with Crippen LogP contribution in [0.3, 0.4) is 0 Å². The van der Waals surface area contributed by atoms with E-state index in [0.29, 0.717) is 25.9 Å². The summed E-state index contributed by atoms with van der Waals surface area (Å²) in [4.78, 5) is 25.3. The van der Waals surface area contributed by atoms with E-state index < -0.39 is 17.2 Å². The predicted octanol–water partition coefficient (Wildman–Crippen LogP) is 2.28. The van der Waals surface area contributed by atoms with Gasteiger partial charge in [0.25, 0.3) is 5.91 Å². The number of hydrogen-bond acceptors (Lipinski definition) is 3. The highest BCUT2D eigenvalue weighted by atomic mass is 19.2. The van der Waals surface area contributed by atoms with Gasteiger partial charge in [-0.2, -0.15) is 0 Å². The van der Waals surface area contributed by atoms with Crippen LogP contribution in [0.5, 0.6) is 0 Å². The summed E-state index contributed by atoms with van der Waals surface area (Å²) in [5, 5.41) is 0. The monoisotopic (exact) mass is 295 g/mol. The smallest absolute Gasteiger partial charge is 0.306 e. The molecule has 2 aliphatic rings. The molecule has 0 radical (unpaired) electrons. The van der Waals surface area contributed by atoms with E-state index in [1.807, 2.05) is 0 Å². The molecule has 1 aromatic rings. The number of carbonyl (C=O) groups is 2. The zero-order valence-corrected chi connectivity index (χ0v) is 11.4. The predicted molar refractivity (Wildman–Crippen MR) is 69.6 cm³/mol. The summed E-state index contributed by atoms with van der Waals surface area (Å²) in [6.07, 6.45) is 2.43. The molecule has 0 saturated carbocycles. The number of hydrogen-bond donors (Lipinski definition) is 0. The van der Waals surface area contributed by atoms with Crippen molar-refractivity contribution in [3.05, 3.63) is 35.4 Å². The number of ether oxygens (including phenoxy) is 1. The highest BCUT2D eigenvalue weighted by Crippen LogP contribution is 2.35. The van der Waals surface area contributed by atoms with Crippen LogP contribution < -0.4 is 0 Å². The Morgan fingerprint density at radius 2 is 2.05 bits per heavy atom. The van der Waals surface area contributed by atoms with Crippen molar-refractivity contribution in [1.82, 2.24) is 4.90 Å². The van der Waals surface area contributed by atoms with Gasteiger partial charge in [0.15, 0.2) is 11.6 Å². The van der Waals surface area contributed by atoms with Crippen LogP contribution in [0.4, 0.5) is 8.78 Å². The van der Waals surface area contributed by atoms with Gasteiger partial charge in [-0.1, -0.05) is 0 Å². The van der Waals surface area contributed by atoms with E-state index in [1.54, 1.807) is 4.90 Å². The maximum Gasteiger partial charge on any atom is 0.306 e. The molecule has 0 bridgehead atoms. The van der Waals surface area contributed by atoms with E-state index in [0.717, 1.165) is 25.0 Å². The Morgan fingerprint density at radius 3 is 2.71 bits per heavy atom. The van der Waals surface area contributed by atoms with Crippen LogP contribution in [0.15, 0.2) is 18.2 Å². The summed E-state index contributed by atoms with van der Waals surface area (Å²) in [5.74, 6) is -2.63. The minimum atomic E-state index is -1.04. The van der Waals surface area contributed by atoms with Crippen molar-refractivity contribution in [2.45, 2.75) is 31.3 Å². The van der Waals surface area contributed by atoms with Gasteiger partial charge in [0.2, 0.25) is 0 Å². The Labute approximate surface area is 120 Å². The highest BCUT2D eigenvalue weighted by molar-refractivity contribution is 5.94. The lowest BCUT2D eigenvalue weighted by Gasteiger charge is -2.39. The van der Waals surface area contributed by atoms with Crippen LogP contribution >= 0.6 is 0 Å². The molecule has 0 N–H and O–H groups in total. The van der Waals surface area contributed by atoms with Gasteiger partial charge in [-0.15, -0.1) is 0 Å². The molecule has 2 heterocycles. The number of halogens is 2. The van der Waals surface area contributed by atoms with Crippen LogP contribution in [0, 0.1) is 11.6 Å². The number of nitrogens with zero attached hydrogens (tertiary/aromatic N) is 1. The third-order valence-corrected chi connectivity index (χ3v) is 4.11. The molecule has 4 nitrogen and oxygen atoms in total. The van der Waals surface area contributed by atoms with E-state index in [-0.39, 0.29) is 17.4 Å². The van der Waals surface area contributed by atoms with Gasteiger partial charge in [0.05, 0.1) is 6.54 Å². The number of rotatable bonds is 1. The molecular formula is C15H15F2NO3. The van der Waals surface area contributed by atoms with E-state index >= 15 is 0 Å². The Morgan fingerprint density at radius 1 is 1.24 bits per heavy atom. The first-order valence-corrected chi connectivity index (χ1v) is 6.95. The first-order chi connectivity index (χ1) is 9.99. The molecule has 2 saturated heterocycles. The van der Waals surface area contributed by atoms with Crippen LogP contribution in [0.2, 0.25) is 0 Å². The standard InChI is InChI=1S/C15H15F2NO3/c16-11-3-2-10(8-12(11)17)14(20)18-7-1-5-15(9-18)6-4-13(19)21-15/h2-3,8H,1,4-7,9H2. The SMILES string of the molecule is O=C1CCC2(CCCN(C(=O)c3ccc(F)c(F)c3)C2)O1. The molecule has 112 valence electrons. The van der Waals surface area contributed by atoms with Crippen molar-refractivity contribution in [2.24, 2.45) is 0 Å². The fourth-order valence-electron chi connectivity index (χ4n) is 3.04. The maximum absolute atomic E-state index is 13.2. The molecule has 21 heavy (non-hydrogen) atoms. The molecule has 1 unspecified atom stereocenters. The van der Waals surface area contributed by atoms with Gasteiger partial charge < -0.3 is 9.64 Å². The third-order valence-electron chi connectivity index (χ3n) is 4.11. The molecule has 1 atom stereocenters. The number of piperidine rings is 1. The molecule has 2 fully saturated rings. The van der Waals surface area contributed by atoms with E-state index in [4.69, 9.17) is 4.74 Å². The average molecular weight is 295 g/mol. The third kappa shape index (κ3) is 2.62. The van der Waals surface area contributed by atoms with Crippen molar-refractivity contribution in [2.75, 3.05) is 13.1 Å². The number of carbonyl (C=O) groups excluding carboxylic acids is 2. The minimum Gasteiger partial charge on any atom is -0.457 e. The second-order valence-corrected chi connectivity index (χ2v) is 5.62. The topological polar surface area (TPSA) is 46.6 Å². The van der Waals surface area contributed by atoms with Gasteiger partial charge in [-0.05, 0) is 37.5 Å². The number of benzene rings is 1. The fourth-order valence-corrected chi connectivity index (χ4v) is 3.04. The van der Waals surface area contributed by atoms with Gasteiger partial charge in [-0.25, -0.2) is 8.78 Å². The normalized spacial score (nSPS) is 25.2. The number of likely N-dealkylation sites (tertiary alicyclic amines) is 1. The molecule has 0 aliphatic carbocycles. The fraction of sp³-hybridized carbons (Fsp3) is 0.467. The van der Waals surface area contributed by atoms with E-state index in [1.165, 1.54) is 6.07 Å². The zero-order valence-electron chi connectivity index (χ0n) is 11.4. The Bertz CT molecular complexity index is 605. The second kappa shape index (κ2) is 5.09. The average Bonchev–Trinajstić information content (AvgIpc) is 2.81. The van der Waals surface area contributed by atoms with Crippen molar-refractivity contribution in [3.8, 4) is 0 Å². The first-order valence-electron chi connectivity index (χ1n) is 6.95. The summed E-state index contributed by atoms with van der Waals surface area (Å²) < 4.78 is 31.5. The van der Waals surface area contributed by atoms with E-state index in [2.05, 4.69) is 0 Å².